The molecule has 0 aromatic carbocycles. The minimum Gasteiger partial charge on any atom is -0.463 e. The fourth-order valence-corrected chi connectivity index (χ4v) is 10.5. The number of ether oxygens (including phenoxy) is 3. The fraction of sp³-hybridized carbons (Fsp3) is 0.623. The van der Waals surface area contributed by atoms with Crippen molar-refractivity contribution in [1.29, 1.82) is 0 Å². The summed E-state index contributed by atoms with van der Waals surface area (Å²) in [6.07, 6.45) is 84.3. The van der Waals surface area contributed by atoms with Gasteiger partial charge in [0, 0.05) is 19.3 Å². The van der Waals surface area contributed by atoms with Crippen molar-refractivity contribution in [3.05, 3.63) is 158 Å². The third kappa shape index (κ3) is 70.3. The van der Waals surface area contributed by atoms with Crippen LogP contribution in [0.4, 0.5) is 0 Å². The average molecular weight is 1370 g/mol. The first kappa shape index (κ1) is 90.2. The number of carbonyl (C=O) groups excluding carboxylic acids is 3. The van der Waals surface area contributed by atoms with Crippen molar-refractivity contribution >= 4 is 33.6 Å². The predicted molar refractivity (Wildman–Crippen MR) is 389 cm³/mol. The molecular formula is C77H126O16P2. The lowest BCUT2D eigenvalue weighted by molar-refractivity contribution is -0.161. The van der Waals surface area contributed by atoms with Crippen LogP contribution in [-0.2, 0) is 55.8 Å². The van der Waals surface area contributed by atoms with E-state index in [1.165, 1.54) is 0 Å². The highest BCUT2D eigenvalue weighted by Crippen LogP contribution is 2.45. The van der Waals surface area contributed by atoms with Crippen molar-refractivity contribution in [3.63, 3.8) is 0 Å². The lowest BCUT2D eigenvalue weighted by Gasteiger charge is -2.21. The second-order valence-corrected chi connectivity index (χ2v) is 26.1. The van der Waals surface area contributed by atoms with Crippen LogP contribution in [0.25, 0.3) is 0 Å². The molecule has 5 atom stereocenters. The van der Waals surface area contributed by atoms with Crippen molar-refractivity contribution < 1.29 is 75.8 Å². The number of unbranched alkanes of at least 4 members (excludes halogenated alkanes) is 17. The monoisotopic (exact) mass is 1370 g/mol. The molecule has 0 saturated carbocycles. The van der Waals surface area contributed by atoms with Gasteiger partial charge in [-0.2, -0.15) is 0 Å². The number of aliphatic hydroxyl groups is 2. The van der Waals surface area contributed by atoms with Crippen LogP contribution < -0.4 is 0 Å². The van der Waals surface area contributed by atoms with Crippen LogP contribution in [0.15, 0.2) is 158 Å². The molecule has 0 amide bonds. The molecule has 0 aliphatic heterocycles. The van der Waals surface area contributed by atoms with Gasteiger partial charge in [0.2, 0.25) is 0 Å². The third-order valence-corrected chi connectivity index (χ3v) is 16.1. The number of phosphoric ester groups is 2. The van der Waals surface area contributed by atoms with Gasteiger partial charge in [0.1, 0.15) is 25.4 Å². The van der Waals surface area contributed by atoms with E-state index in [1.54, 1.807) is 0 Å². The fourth-order valence-electron chi connectivity index (χ4n) is 8.87. The summed E-state index contributed by atoms with van der Waals surface area (Å²) in [7, 11) is -9.81. The summed E-state index contributed by atoms with van der Waals surface area (Å²) >= 11 is 0. The van der Waals surface area contributed by atoms with Crippen LogP contribution in [0.5, 0.6) is 0 Å². The zero-order chi connectivity index (χ0) is 69.5. The van der Waals surface area contributed by atoms with Crippen molar-refractivity contribution in [3.8, 4) is 0 Å². The zero-order valence-electron chi connectivity index (χ0n) is 58.5. The SMILES string of the molecule is CC/C=C\C/C=C\C/C=C\C/C=C\C/C=C\C/C=C\CCCCCCCCC(=O)OCC(O)COP(=O)(O)OCC(O)COP(=O)(O)OCC(COC(=O)CCCCCC/C=C\C/C=C\C/C=C\C/C=C\CC)OC(=O)CCCCCCCCC/C=C\C/C=C\C/C=C\CC. The number of aliphatic hydroxyl groups excluding tert-OH is 2. The molecule has 5 unspecified atom stereocenters. The Morgan fingerprint density at radius 2 is 0.526 bits per heavy atom. The Labute approximate surface area is 574 Å². The van der Waals surface area contributed by atoms with Crippen LogP contribution in [0.3, 0.4) is 0 Å². The Hall–Kier alpha value is -4.83. The maximum Gasteiger partial charge on any atom is 0.472 e. The van der Waals surface area contributed by atoms with Gasteiger partial charge in [-0.25, -0.2) is 9.13 Å². The molecule has 16 nitrogen and oxygen atoms in total. The van der Waals surface area contributed by atoms with E-state index in [9.17, 15) is 43.5 Å². The molecule has 0 heterocycles. The molecule has 4 N–H and O–H groups in total. The minimum atomic E-state index is -4.94. The smallest absolute Gasteiger partial charge is 0.463 e. The second kappa shape index (κ2) is 69.1. The van der Waals surface area contributed by atoms with Crippen molar-refractivity contribution in [2.45, 2.75) is 270 Å². The van der Waals surface area contributed by atoms with E-state index < -0.39 is 91.5 Å². The summed E-state index contributed by atoms with van der Waals surface area (Å²) in [4.78, 5) is 58.5. The maximum atomic E-state index is 12.9. The number of hydrogen-bond donors (Lipinski definition) is 4. The third-order valence-electron chi connectivity index (χ3n) is 14.2. The summed E-state index contributed by atoms with van der Waals surface area (Å²) < 4.78 is 61.0. The van der Waals surface area contributed by atoms with E-state index in [0.717, 1.165) is 193 Å². The maximum absolute atomic E-state index is 12.9. The Kier molecular flexibility index (Phi) is 65.6. The average Bonchev–Trinajstić information content (AvgIpc) is 1.77. The van der Waals surface area contributed by atoms with Crippen molar-refractivity contribution in [2.75, 3.05) is 39.6 Å². The number of esters is 3. The van der Waals surface area contributed by atoms with Gasteiger partial charge in [-0.3, -0.25) is 32.5 Å². The Balaban J connectivity index is 4.67. The number of hydrogen-bond acceptors (Lipinski definition) is 14. The second-order valence-electron chi connectivity index (χ2n) is 23.2. The lowest BCUT2D eigenvalue weighted by atomic mass is 10.1. The molecule has 95 heavy (non-hydrogen) atoms. The molecule has 0 aromatic rings. The summed E-state index contributed by atoms with van der Waals surface area (Å²) in [6, 6.07) is 0. The molecule has 0 spiro atoms. The molecule has 0 bridgehead atoms. The number of allylic oxidation sites excluding steroid dienone is 26. The topological polar surface area (TPSA) is 231 Å². The standard InChI is InChI=1S/C77H126O16P2/c1-4-7-10-13-16-19-22-25-28-31-32-33-34-35-36-37-38-41-43-45-48-51-54-57-60-63-75(80)87-66-72(78)67-89-94(83,84)90-68-73(79)69-91-95(85,86)92-71-74(93-77(82)65-62-59-56-53-50-47-44-40-30-27-24-21-18-15-12-9-6-3)70-88-76(81)64-61-58-55-52-49-46-42-39-29-26-23-20-17-14-11-8-5-2/h7-12,16-21,25-30,32-33,35-36,38,41-42,46,72-74,78-79H,4-6,13-15,22-24,31,34,37,39-40,43-45,47-71H2,1-3H3,(H,83,84)(H,85,86)/b10-7-,11-8-,12-9-,19-16-,20-17-,21-18-,28-25-,29-26-,30-27-,33-32-,36-35-,41-38-,46-42-. The summed E-state index contributed by atoms with van der Waals surface area (Å²) in [5.41, 5.74) is 0. The summed E-state index contributed by atoms with van der Waals surface area (Å²) in [5.74, 6) is -1.64. The molecular weight excluding hydrogens is 1240 g/mol. The summed E-state index contributed by atoms with van der Waals surface area (Å²) in [5, 5.41) is 20.6. The zero-order valence-corrected chi connectivity index (χ0v) is 60.3. The van der Waals surface area contributed by atoms with Gasteiger partial charge in [0.05, 0.1) is 26.4 Å². The van der Waals surface area contributed by atoms with Crippen LogP contribution >= 0.6 is 15.6 Å². The quantitative estimate of drug-likeness (QED) is 0.0146. The van der Waals surface area contributed by atoms with Crippen LogP contribution in [0.2, 0.25) is 0 Å². The largest absolute Gasteiger partial charge is 0.472 e. The molecule has 0 aliphatic carbocycles. The van der Waals surface area contributed by atoms with Gasteiger partial charge in [-0.1, -0.05) is 249 Å². The number of phosphoric acid groups is 2. The van der Waals surface area contributed by atoms with Crippen LogP contribution in [0.1, 0.15) is 252 Å². The highest BCUT2D eigenvalue weighted by Gasteiger charge is 2.29. The molecule has 0 aromatic heterocycles. The van der Waals surface area contributed by atoms with E-state index in [2.05, 4.69) is 179 Å². The van der Waals surface area contributed by atoms with E-state index in [1.807, 2.05) is 0 Å². The molecule has 18 heteroatoms. The minimum absolute atomic E-state index is 0.0819. The van der Waals surface area contributed by atoms with E-state index in [4.69, 9.17) is 32.3 Å². The number of carbonyl (C=O) groups is 3. The van der Waals surface area contributed by atoms with Gasteiger partial charge in [-0.15, -0.1) is 0 Å². The Morgan fingerprint density at radius 1 is 0.295 bits per heavy atom. The molecule has 0 rings (SSSR count). The number of rotatable bonds is 66. The molecule has 0 aliphatic rings. The van der Waals surface area contributed by atoms with Crippen molar-refractivity contribution in [2.24, 2.45) is 0 Å². The van der Waals surface area contributed by atoms with Gasteiger partial charge in [0.15, 0.2) is 6.10 Å². The molecule has 0 radical (unpaired) electrons. The summed E-state index contributed by atoms with van der Waals surface area (Å²) in [6.45, 7) is 2.25. The molecule has 0 saturated heterocycles. The van der Waals surface area contributed by atoms with Gasteiger partial charge >= 0.3 is 33.6 Å². The van der Waals surface area contributed by atoms with E-state index >= 15 is 0 Å². The normalized spacial score (nSPS) is 15.1. The predicted octanol–water partition coefficient (Wildman–Crippen LogP) is 20.3. The van der Waals surface area contributed by atoms with Crippen molar-refractivity contribution in [1.82, 2.24) is 0 Å². The van der Waals surface area contributed by atoms with E-state index in [-0.39, 0.29) is 19.3 Å². The first-order chi connectivity index (χ1) is 46.2. The first-order valence-electron chi connectivity index (χ1n) is 35.8. The first-order valence-corrected chi connectivity index (χ1v) is 38.8. The van der Waals surface area contributed by atoms with Gasteiger partial charge in [-0.05, 0) is 141 Å². The Bertz CT molecular complexity index is 2360. The van der Waals surface area contributed by atoms with Crippen LogP contribution in [0, 0.1) is 0 Å². The lowest BCUT2D eigenvalue weighted by Crippen LogP contribution is -2.30. The van der Waals surface area contributed by atoms with Gasteiger partial charge in [0.25, 0.3) is 0 Å². The van der Waals surface area contributed by atoms with Gasteiger partial charge < -0.3 is 34.2 Å². The highest BCUT2D eigenvalue weighted by molar-refractivity contribution is 7.47. The molecule has 540 valence electrons. The highest BCUT2D eigenvalue weighted by atomic mass is 31.2. The molecule has 0 fully saturated rings. The van der Waals surface area contributed by atoms with Crippen LogP contribution in [-0.4, -0.2) is 95.9 Å². The van der Waals surface area contributed by atoms with E-state index in [0.29, 0.717) is 19.3 Å². The Morgan fingerprint density at radius 3 is 0.832 bits per heavy atom.